The summed E-state index contributed by atoms with van der Waals surface area (Å²) >= 11 is 0. The number of hydrogen-bond acceptors (Lipinski definition) is 4. The highest BCUT2D eigenvalue weighted by Gasteiger charge is 2.18. The highest BCUT2D eigenvalue weighted by Crippen LogP contribution is 2.23. The van der Waals surface area contributed by atoms with Crippen molar-refractivity contribution in [3.63, 3.8) is 0 Å². The van der Waals surface area contributed by atoms with Crippen LogP contribution in [-0.4, -0.2) is 29.3 Å². The van der Waals surface area contributed by atoms with E-state index in [-0.39, 0.29) is 17.6 Å². The molecule has 210 valence electrons. The molecule has 1 heterocycles. The van der Waals surface area contributed by atoms with Gasteiger partial charge in [-0.2, -0.15) is 0 Å². The van der Waals surface area contributed by atoms with E-state index in [1.807, 2.05) is 64.1 Å². The lowest BCUT2D eigenvalue weighted by molar-refractivity contribution is 0.0925. The van der Waals surface area contributed by atoms with Gasteiger partial charge >= 0.3 is 0 Å². The average molecular weight is 530 g/mol. The van der Waals surface area contributed by atoms with Crippen LogP contribution in [0.5, 0.6) is 0 Å². The first-order valence-electron chi connectivity index (χ1n) is 14.9. The van der Waals surface area contributed by atoms with Crippen molar-refractivity contribution in [3.05, 3.63) is 76.5 Å². The quantitative estimate of drug-likeness (QED) is 0.273. The van der Waals surface area contributed by atoms with Crippen molar-refractivity contribution in [3.8, 4) is 0 Å². The van der Waals surface area contributed by atoms with Gasteiger partial charge in [-0.15, -0.1) is 0 Å². The van der Waals surface area contributed by atoms with Crippen molar-refractivity contribution >= 4 is 22.6 Å². The van der Waals surface area contributed by atoms with Gasteiger partial charge in [0, 0.05) is 34.2 Å². The molecule has 39 heavy (non-hydrogen) atoms. The van der Waals surface area contributed by atoms with E-state index in [1.54, 1.807) is 0 Å². The number of ketones is 1. The summed E-state index contributed by atoms with van der Waals surface area (Å²) in [5, 5.41) is 4.11. The van der Waals surface area contributed by atoms with Crippen LogP contribution in [0.25, 0.3) is 10.9 Å². The second-order valence-corrected chi connectivity index (χ2v) is 11.1. The molecule has 2 aliphatic rings. The van der Waals surface area contributed by atoms with Crippen LogP contribution in [0.1, 0.15) is 110 Å². The van der Waals surface area contributed by atoms with Crippen molar-refractivity contribution in [1.29, 1.82) is 0 Å². The van der Waals surface area contributed by atoms with Crippen molar-refractivity contribution in [2.75, 3.05) is 6.54 Å². The summed E-state index contributed by atoms with van der Waals surface area (Å²) in [6, 6.07) is 16.3. The highest BCUT2D eigenvalue weighted by molar-refractivity contribution is 6.06. The Morgan fingerprint density at radius 2 is 1.59 bits per heavy atom. The molecule has 0 aliphatic heterocycles. The average Bonchev–Trinajstić information content (AvgIpc) is 3.18. The molecule has 5 rings (SSSR count). The molecule has 0 radical (unpaired) electrons. The summed E-state index contributed by atoms with van der Waals surface area (Å²) in [6.45, 7) is 8.55. The third kappa shape index (κ3) is 8.99. The molecule has 0 unspecified atom stereocenters. The summed E-state index contributed by atoms with van der Waals surface area (Å²) in [6.07, 6.45) is 12.2. The van der Waals surface area contributed by atoms with Crippen molar-refractivity contribution in [1.82, 2.24) is 10.3 Å². The number of nitrogens with one attached hydrogen (secondary N) is 1. The zero-order valence-corrected chi connectivity index (χ0v) is 24.4. The number of amides is 1. The van der Waals surface area contributed by atoms with Crippen LogP contribution < -0.4 is 11.1 Å². The molecule has 1 fully saturated rings. The fourth-order valence-electron chi connectivity index (χ4n) is 5.36. The first-order chi connectivity index (χ1) is 18.8. The molecule has 1 aromatic heterocycles. The molecule has 2 aliphatic carbocycles. The Bertz CT molecular complexity index is 1230. The van der Waals surface area contributed by atoms with Gasteiger partial charge in [-0.25, -0.2) is 0 Å². The Hall–Kier alpha value is -3.05. The number of pyridine rings is 1. The van der Waals surface area contributed by atoms with Gasteiger partial charge in [0.05, 0.1) is 5.52 Å². The number of nitrogens with two attached hydrogens (primary N) is 1. The number of Topliss-reactive ketones (excluding diaryl/α,β-unsaturated/α-hetero) is 1. The minimum Gasteiger partial charge on any atom is -0.349 e. The van der Waals surface area contributed by atoms with E-state index in [2.05, 4.69) is 22.4 Å². The lowest BCUT2D eigenvalue weighted by atomic mass is 9.95. The van der Waals surface area contributed by atoms with E-state index in [1.165, 1.54) is 56.1 Å². The molecular weight excluding hydrogens is 482 g/mol. The van der Waals surface area contributed by atoms with Crippen LogP contribution >= 0.6 is 0 Å². The third-order valence-corrected chi connectivity index (χ3v) is 7.46. The van der Waals surface area contributed by atoms with Gasteiger partial charge in [0.15, 0.2) is 5.78 Å². The van der Waals surface area contributed by atoms with Crippen LogP contribution in [0.3, 0.4) is 0 Å². The van der Waals surface area contributed by atoms with Crippen molar-refractivity contribution in [2.45, 2.75) is 97.9 Å². The Kier molecular flexibility index (Phi) is 12.1. The normalized spacial score (nSPS) is 15.2. The second-order valence-electron chi connectivity index (χ2n) is 11.1. The van der Waals surface area contributed by atoms with E-state index >= 15 is 0 Å². The maximum absolute atomic E-state index is 12.5. The van der Waals surface area contributed by atoms with E-state index in [9.17, 15) is 9.59 Å². The monoisotopic (exact) mass is 529 g/mol. The van der Waals surface area contributed by atoms with Crippen LogP contribution in [0.2, 0.25) is 0 Å². The molecule has 1 saturated carbocycles. The van der Waals surface area contributed by atoms with Crippen LogP contribution in [0, 0.1) is 12.8 Å². The molecule has 1 amide bonds. The smallest absolute Gasteiger partial charge is 0.252 e. The number of hydrogen-bond donors (Lipinski definition) is 2. The predicted octanol–water partition coefficient (Wildman–Crippen LogP) is 7.36. The summed E-state index contributed by atoms with van der Waals surface area (Å²) < 4.78 is 0. The van der Waals surface area contributed by atoms with E-state index in [4.69, 9.17) is 5.73 Å². The Labute approximate surface area is 235 Å². The minimum atomic E-state index is 0.0353. The SMILES string of the molecule is CC(C)C(=O)c1ccc2c(c1)CCCCC2.CCN.Cc1ccc2c(C(=O)NC3CCCCC3)cccc2n1. The number of carbonyl (C=O) groups excluding carboxylic acids is 2. The van der Waals surface area contributed by atoms with Gasteiger partial charge in [-0.05, 0) is 87.4 Å². The number of benzene rings is 2. The Morgan fingerprint density at radius 3 is 2.28 bits per heavy atom. The van der Waals surface area contributed by atoms with E-state index in [0.717, 1.165) is 53.5 Å². The summed E-state index contributed by atoms with van der Waals surface area (Å²) in [5.41, 5.74) is 11.2. The zero-order valence-electron chi connectivity index (χ0n) is 24.4. The fourth-order valence-corrected chi connectivity index (χ4v) is 5.36. The molecule has 0 spiro atoms. The van der Waals surface area contributed by atoms with Crippen LogP contribution in [0.15, 0.2) is 48.5 Å². The van der Waals surface area contributed by atoms with Crippen molar-refractivity contribution < 1.29 is 9.59 Å². The highest BCUT2D eigenvalue weighted by atomic mass is 16.1. The Morgan fingerprint density at radius 1 is 0.923 bits per heavy atom. The molecule has 5 nitrogen and oxygen atoms in total. The lowest BCUT2D eigenvalue weighted by Gasteiger charge is -2.23. The van der Waals surface area contributed by atoms with Gasteiger partial charge < -0.3 is 11.1 Å². The Balaban J connectivity index is 0.000000200. The van der Waals surface area contributed by atoms with Gasteiger partial charge in [-0.1, -0.05) is 70.7 Å². The first kappa shape index (κ1) is 30.5. The van der Waals surface area contributed by atoms with Gasteiger partial charge in [-0.3, -0.25) is 14.6 Å². The fraction of sp³-hybridized carbons (Fsp3) is 0.500. The number of carbonyl (C=O) groups is 2. The van der Waals surface area contributed by atoms with Gasteiger partial charge in [0.25, 0.3) is 5.91 Å². The molecule has 3 aromatic rings. The summed E-state index contributed by atoms with van der Waals surface area (Å²) in [5.74, 6) is 0.407. The second kappa shape index (κ2) is 15.5. The predicted molar refractivity (Wildman–Crippen MR) is 162 cm³/mol. The van der Waals surface area contributed by atoms with E-state index in [0.29, 0.717) is 6.04 Å². The number of fused-ring (bicyclic) bond motifs is 2. The minimum absolute atomic E-state index is 0.0353. The molecule has 2 aromatic carbocycles. The standard InChI is InChI=1S/C17H20N2O.C15H20O.C2H7N/c1-12-10-11-14-15(8-5-9-16(14)18-12)17(20)19-13-6-3-2-4-7-13;1-11(2)15(16)14-9-8-12-6-4-3-5-7-13(12)10-14;1-2-3/h5,8-11,13H,2-4,6-7H2,1H3,(H,19,20);8-11H,3-7H2,1-2H3;2-3H2,1H3. The van der Waals surface area contributed by atoms with Crippen LogP contribution in [0.4, 0.5) is 0 Å². The number of nitrogens with zero attached hydrogens (tertiary/aromatic N) is 1. The number of aromatic nitrogens is 1. The first-order valence-corrected chi connectivity index (χ1v) is 14.9. The van der Waals surface area contributed by atoms with Gasteiger partial charge in [0.2, 0.25) is 0 Å². The number of rotatable bonds is 4. The molecule has 0 saturated heterocycles. The largest absolute Gasteiger partial charge is 0.349 e. The molecule has 5 heteroatoms. The molecular formula is C34H47N3O2. The van der Waals surface area contributed by atoms with Gasteiger partial charge in [0.1, 0.15) is 0 Å². The maximum Gasteiger partial charge on any atom is 0.252 e. The summed E-state index contributed by atoms with van der Waals surface area (Å²) in [7, 11) is 0. The molecule has 0 atom stereocenters. The van der Waals surface area contributed by atoms with Crippen molar-refractivity contribution in [2.24, 2.45) is 11.7 Å². The number of aryl methyl sites for hydroxylation is 3. The lowest BCUT2D eigenvalue weighted by Crippen LogP contribution is -2.36. The molecule has 3 N–H and O–H groups in total. The third-order valence-electron chi connectivity index (χ3n) is 7.46. The maximum atomic E-state index is 12.5. The van der Waals surface area contributed by atoms with E-state index < -0.39 is 0 Å². The summed E-state index contributed by atoms with van der Waals surface area (Å²) in [4.78, 5) is 28.9. The van der Waals surface area contributed by atoms with Crippen LogP contribution in [-0.2, 0) is 12.8 Å². The topological polar surface area (TPSA) is 85.1 Å². The zero-order chi connectivity index (χ0) is 28.2. The molecule has 0 bridgehead atoms.